The summed E-state index contributed by atoms with van der Waals surface area (Å²) in [5.41, 5.74) is 1.45. The number of nitrogens with zero attached hydrogens (tertiary/aromatic N) is 2. The zero-order chi connectivity index (χ0) is 13.2. The third-order valence-electron chi connectivity index (χ3n) is 3.10. The standard InChI is InChI=1S/C13H15N3OS2/c1-9-2-3-12(19-9)10-8-11(15-14-10)13(17)16-4-6-18-7-5-16/h2-3,8H,4-7H2,1H3,(H,14,15). The monoisotopic (exact) mass is 293 g/mol. The summed E-state index contributed by atoms with van der Waals surface area (Å²) >= 11 is 3.60. The molecule has 6 heteroatoms. The second-order valence-corrected chi connectivity index (χ2v) is 6.99. The zero-order valence-electron chi connectivity index (χ0n) is 10.7. The average molecular weight is 293 g/mol. The summed E-state index contributed by atoms with van der Waals surface area (Å²) in [6, 6.07) is 5.98. The van der Waals surface area contributed by atoms with Crippen molar-refractivity contribution in [1.82, 2.24) is 15.1 Å². The number of amides is 1. The van der Waals surface area contributed by atoms with Crippen LogP contribution in [-0.4, -0.2) is 45.6 Å². The number of nitrogens with one attached hydrogen (secondary N) is 1. The van der Waals surface area contributed by atoms with E-state index in [-0.39, 0.29) is 5.91 Å². The van der Waals surface area contributed by atoms with E-state index in [2.05, 4.69) is 29.3 Å². The van der Waals surface area contributed by atoms with Crippen LogP contribution in [0.2, 0.25) is 0 Å². The molecule has 1 aliphatic heterocycles. The molecule has 1 saturated heterocycles. The number of aryl methyl sites for hydroxylation is 1. The topological polar surface area (TPSA) is 49.0 Å². The summed E-state index contributed by atoms with van der Waals surface area (Å²) < 4.78 is 0. The van der Waals surface area contributed by atoms with Crippen LogP contribution in [-0.2, 0) is 0 Å². The maximum Gasteiger partial charge on any atom is 0.274 e. The number of thiophene rings is 1. The predicted molar refractivity (Wildman–Crippen MR) is 79.9 cm³/mol. The van der Waals surface area contributed by atoms with Gasteiger partial charge in [-0.25, -0.2) is 0 Å². The summed E-state index contributed by atoms with van der Waals surface area (Å²) in [6.07, 6.45) is 0. The number of aromatic nitrogens is 2. The highest BCUT2D eigenvalue weighted by molar-refractivity contribution is 7.99. The third kappa shape index (κ3) is 2.69. The Hall–Kier alpha value is -1.27. The lowest BCUT2D eigenvalue weighted by Crippen LogP contribution is -2.38. The molecule has 100 valence electrons. The van der Waals surface area contributed by atoms with Crippen molar-refractivity contribution in [3.05, 3.63) is 28.8 Å². The molecule has 0 atom stereocenters. The van der Waals surface area contributed by atoms with Crippen molar-refractivity contribution < 1.29 is 4.79 Å². The van der Waals surface area contributed by atoms with Gasteiger partial charge in [0.15, 0.2) is 5.69 Å². The summed E-state index contributed by atoms with van der Waals surface area (Å²) in [5.74, 6) is 2.08. The quantitative estimate of drug-likeness (QED) is 0.926. The molecule has 2 aromatic rings. The first-order valence-electron chi connectivity index (χ1n) is 6.23. The van der Waals surface area contributed by atoms with Crippen LogP contribution >= 0.6 is 23.1 Å². The second-order valence-electron chi connectivity index (χ2n) is 4.48. The number of aromatic amines is 1. The van der Waals surface area contributed by atoms with Gasteiger partial charge in [0.2, 0.25) is 0 Å². The Kier molecular flexibility index (Phi) is 3.61. The normalized spacial score (nSPS) is 15.7. The molecule has 3 rings (SSSR count). The van der Waals surface area contributed by atoms with Gasteiger partial charge >= 0.3 is 0 Å². The van der Waals surface area contributed by atoms with E-state index < -0.39 is 0 Å². The molecule has 0 aliphatic carbocycles. The van der Waals surface area contributed by atoms with Crippen LogP contribution < -0.4 is 0 Å². The minimum absolute atomic E-state index is 0.0380. The van der Waals surface area contributed by atoms with Gasteiger partial charge in [0.1, 0.15) is 0 Å². The van der Waals surface area contributed by atoms with E-state index >= 15 is 0 Å². The molecule has 1 aliphatic rings. The lowest BCUT2D eigenvalue weighted by molar-refractivity contribution is 0.0766. The van der Waals surface area contributed by atoms with Gasteiger partial charge in [0, 0.05) is 29.5 Å². The minimum atomic E-state index is 0.0380. The molecule has 4 nitrogen and oxygen atoms in total. The van der Waals surface area contributed by atoms with Crippen LogP contribution in [0.15, 0.2) is 18.2 Å². The molecule has 0 radical (unpaired) electrons. The average Bonchev–Trinajstić information content (AvgIpc) is 3.07. The highest BCUT2D eigenvalue weighted by Crippen LogP contribution is 2.26. The Morgan fingerprint density at radius 1 is 1.37 bits per heavy atom. The fourth-order valence-corrected chi connectivity index (χ4v) is 3.80. The molecule has 1 fully saturated rings. The van der Waals surface area contributed by atoms with Gasteiger partial charge in [0.25, 0.3) is 5.91 Å². The Morgan fingerprint density at radius 2 is 2.16 bits per heavy atom. The van der Waals surface area contributed by atoms with Crippen molar-refractivity contribution in [2.75, 3.05) is 24.6 Å². The summed E-state index contributed by atoms with van der Waals surface area (Å²) in [7, 11) is 0. The van der Waals surface area contributed by atoms with Crippen LogP contribution in [0, 0.1) is 6.92 Å². The number of hydrogen-bond acceptors (Lipinski definition) is 4. The Bertz CT molecular complexity index is 584. The lowest BCUT2D eigenvalue weighted by Gasteiger charge is -2.25. The molecular formula is C13H15N3OS2. The van der Waals surface area contributed by atoms with Crippen molar-refractivity contribution in [1.29, 1.82) is 0 Å². The van der Waals surface area contributed by atoms with Gasteiger partial charge < -0.3 is 4.90 Å². The van der Waals surface area contributed by atoms with E-state index in [1.807, 2.05) is 22.7 Å². The van der Waals surface area contributed by atoms with Crippen LogP contribution in [0.3, 0.4) is 0 Å². The minimum Gasteiger partial charge on any atom is -0.336 e. The number of rotatable bonds is 2. The van der Waals surface area contributed by atoms with E-state index in [1.165, 1.54) is 4.88 Å². The van der Waals surface area contributed by atoms with Gasteiger partial charge in [-0.1, -0.05) is 0 Å². The molecule has 1 amide bonds. The third-order valence-corrected chi connectivity index (χ3v) is 5.08. The van der Waals surface area contributed by atoms with E-state index in [0.717, 1.165) is 35.2 Å². The Balaban J connectivity index is 1.79. The van der Waals surface area contributed by atoms with Crippen molar-refractivity contribution >= 4 is 29.0 Å². The van der Waals surface area contributed by atoms with Gasteiger partial charge in [0.05, 0.1) is 10.6 Å². The Labute approximate surface area is 120 Å². The van der Waals surface area contributed by atoms with Gasteiger partial charge in [-0.05, 0) is 25.1 Å². The van der Waals surface area contributed by atoms with Crippen LogP contribution in [0.4, 0.5) is 0 Å². The number of carbonyl (C=O) groups is 1. The molecule has 0 unspecified atom stereocenters. The maximum absolute atomic E-state index is 12.3. The highest BCUT2D eigenvalue weighted by atomic mass is 32.2. The first kappa shape index (κ1) is 12.7. The van der Waals surface area contributed by atoms with Crippen molar-refractivity contribution in [3.8, 4) is 10.6 Å². The van der Waals surface area contributed by atoms with Crippen LogP contribution in [0.1, 0.15) is 15.4 Å². The van der Waals surface area contributed by atoms with Gasteiger partial charge in [-0.3, -0.25) is 9.89 Å². The van der Waals surface area contributed by atoms with Crippen LogP contribution in [0.25, 0.3) is 10.6 Å². The molecule has 0 aromatic carbocycles. The fourth-order valence-electron chi connectivity index (χ4n) is 2.07. The fraction of sp³-hybridized carbons (Fsp3) is 0.385. The molecule has 19 heavy (non-hydrogen) atoms. The van der Waals surface area contributed by atoms with Crippen molar-refractivity contribution in [3.63, 3.8) is 0 Å². The van der Waals surface area contributed by atoms with Gasteiger partial charge in [-0.2, -0.15) is 16.9 Å². The first-order chi connectivity index (χ1) is 9.24. The second kappa shape index (κ2) is 5.38. The Morgan fingerprint density at radius 3 is 2.84 bits per heavy atom. The van der Waals surface area contributed by atoms with E-state index in [9.17, 15) is 4.79 Å². The SMILES string of the molecule is Cc1ccc(-c2cc(C(=O)N3CCSCC3)n[nH]2)s1. The molecule has 0 bridgehead atoms. The van der Waals surface area contributed by atoms with Crippen molar-refractivity contribution in [2.24, 2.45) is 0 Å². The van der Waals surface area contributed by atoms with Crippen molar-refractivity contribution in [2.45, 2.75) is 6.92 Å². The highest BCUT2D eigenvalue weighted by Gasteiger charge is 2.21. The van der Waals surface area contributed by atoms with E-state index in [1.54, 1.807) is 11.3 Å². The predicted octanol–water partition coefficient (Wildman–Crippen LogP) is 2.64. The number of H-pyrrole nitrogens is 1. The number of hydrogen-bond donors (Lipinski definition) is 1. The first-order valence-corrected chi connectivity index (χ1v) is 8.20. The number of carbonyl (C=O) groups excluding carboxylic acids is 1. The van der Waals surface area contributed by atoms with Gasteiger partial charge in [-0.15, -0.1) is 11.3 Å². The molecule has 0 saturated carbocycles. The maximum atomic E-state index is 12.3. The van der Waals surface area contributed by atoms with Crippen LogP contribution in [0.5, 0.6) is 0 Å². The summed E-state index contributed by atoms with van der Waals surface area (Å²) in [5, 5.41) is 7.12. The molecule has 3 heterocycles. The largest absolute Gasteiger partial charge is 0.336 e. The molecule has 0 spiro atoms. The molecular weight excluding hydrogens is 278 g/mol. The molecule has 1 N–H and O–H groups in total. The number of thioether (sulfide) groups is 1. The van der Waals surface area contributed by atoms with E-state index in [4.69, 9.17) is 0 Å². The smallest absolute Gasteiger partial charge is 0.274 e. The summed E-state index contributed by atoms with van der Waals surface area (Å²) in [6.45, 7) is 3.72. The molecule has 2 aromatic heterocycles. The van der Waals surface area contributed by atoms with E-state index in [0.29, 0.717) is 5.69 Å². The zero-order valence-corrected chi connectivity index (χ0v) is 12.3. The summed E-state index contributed by atoms with van der Waals surface area (Å²) in [4.78, 5) is 16.6. The lowest BCUT2D eigenvalue weighted by atomic mass is 10.3.